The predicted octanol–water partition coefficient (Wildman–Crippen LogP) is 1.61. The Morgan fingerprint density at radius 1 is 1.38 bits per heavy atom. The predicted molar refractivity (Wildman–Crippen MR) is 78.4 cm³/mol. The Labute approximate surface area is 125 Å². The fourth-order valence-corrected chi connectivity index (χ4v) is 3.48. The van der Waals surface area contributed by atoms with E-state index in [-0.39, 0.29) is 18.5 Å². The van der Waals surface area contributed by atoms with Crippen molar-refractivity contribution in [2.45, 2.75) is 25.6 Å². The van der Waals surface area contributed by atoms with Crippen LogP contribution in [0.1, 0.15) is 18.4 Å². The number of hydrogen-bond donors (Lipinski definition) is 0. The van der Waals surface area contributed by atoms with Crippen LogP contribution < -0.4 is 0 Å². The summed E-state index contributed by atoms with van der Waals surface area (Å²) in [6.07, 6.45) is 1.33. The van der Waals surface area contributed by atoms with E-state index in [9.17, 15) is 12.8 Å². The van der Waals surface area contributed by atoms with E-state index in [4.69, 9.17) is 4.74 Å². The van der Waals surface area contributed by atoms with Gasteiger partial charge in [0, 0.05) is 32.7 Å². The molecule has 2 rings (SSSR count). The van der Waals surface area contributed by atoms with Gasteiger partial charge >= 0.3 is 0 Å². The molecule has 0 spiro atoms. The van der Waals surface area contributed by atoms with Gasteiger partial charge in [0.1, 0.15) is 5.82 Å². The van der Waals surface area contributed by atoms with Crippen LogP contribution in [0.15, 0.2) is 24.3 Å². The van der Waals surface area contributed by atoms with Crippen molar-refractivity contribution < 1.29 is 17.5 Å². The van der Waals surface area contributed by atoms with E-state index < -0.39 is 10.2 Å². The zero-order valence-corrected chi connectivity index (χ0v) is 13.1. The molecule has 1 aromatic carbocycles. The second-order valence-electron chi connectivity index (χ2n) is 5.31. The lowest BCUT2D eigenvalue weighted by atomic mass is 10.1. The number of nitrogens with zero attached hydrogens (tertiary/aromatic N) is 2. The monoisotopic (exact) mass is 316 g/mol. The number of piperidine rings is 1. The van der Waals surface area contributed by atoms with Gasteiger partial charge in [-0.2, -0.15) is 17.0 Å². The van der Waals surface area contributed by atoms with Crippen molar-refractivity contribution in [2.24, 2.45) is 0 Å². The molecule has 7 heteroatoms. The Morgan fingerprint density at radius 2 is 2.10 bits per heavy atom. The van der Waals surface area contributed by atoms with E-state index >= 15 is 0 Å². The molecule has 0 amide bonds. The SMILES string of the molecule is CN(C)S(=O)(=O)N1CCC[C@H](OCc2ccccc2F)C1. The largest absolute Gasteiger partial charge is 0.372 e. The fourth-order valence-electron chi connectivity index (χ4n) is 2.30. The molecule has 1 saturated heterocycles. The van der Waals surface area contributed by atoms with E-state index in [0.29, 0.717) is 18.7 Å². The molecule has 21 heavy (non-hydrogen) atoms. The van der Waals surface area contributed by atoms with E-state index in [1.54, 1.807) is 18.2 Å². The topological polar surface area (TPSA) is 49.9 Å². The molecule has 0 radical (unpaired) electrons. The highest BCUT2D eigenvalue weighted by atomic mass is 32.2. The van der Waals surface area contributed by atoms with Crippen molar-refractivity contribution in [1.82, 2.24) is 8.61 Å². The van der Waals surface area contributed by atoms with Gasteiger partial charge in [-0.05, 0) is 18.9 Å². The van der Waals surface area contributed by atoms with E-state index in [1.807, 2.05) is 0 Å². The van der Waals surface area contributed by atoms with Crippen LogP contribution in [0.25, 0.3) is 0 Å². The summed E-state index contributed by atoms with van der Waals surface area (Å²) >= 11 is 0. The Kier molecular flexibility index (Phi) is 5.32. The number of ether oxygens (including phenoxy) is 1. The van der Waals surface area contributed by atoms with Crippen LogP contribution in [0.4, 0.5) is 4.39 Å². The molecule has 0 unspecified atom stereocenters. The van der Waals surface area contributed by atoms with E-state index in [2.05, 4.69) is 0 Å². The molecule has 1 aliphatic rings. The lowest BCUT2D eigenvalue weighted by molar-refractivity contribution is 0.00614. The van der Waals surface area contributed by atoms with Crippen LogP contribution in [-0.2, 0) is 21.6 Å². The van der Waals surface area contributed by atoms with Crippen molar-refractivity contribution in [3.8, 4) is 0 Å². The summed E-state index contributed by atoms with van der Waals surface area (Å²) in [4.78, 5) is 0. The molecule has 0 aliphatic carbocycles. The lowest BCUT2D eigenvalue weighted by Crippen LogP contribution is -2.47. The lowest BCUT2D eigenvalue weighted by Gasteiger charge is -2.33. The Bertz CT molecular complexity index is 577. The number of benzene rings is 1. The molecule has 1 heterocycles. The first-order valence-electron chi connectivity index (χ1n) is 6.94. The number of rotatable bonds is 5. The molecule has 1 fully saturated rings. The van der Waals surface area contributed by atoms with Crippen LogP contribution >= 0.6 is 0 Å². The van der Waals surface area contributed by atoms with Crippen molar-refractivity contribution >= 4 is 10.2 Å². The van der Waals surface area contributed by atoms with Crippen LogP contribution in [0, 0.1) is 5.82 Å². The molecule has 1 atom stereocenters. The van der Waals surface area contributed by atoms with Gasteiger partial charge in [-0.25, -0.2) is 4.39 Å². The Morgan fingerprint density at radius 3 is 2.76 bits per heavy atom. The quantitative estimate of drug-likeness (QED) is 0.829. The van der Waals surface area contributed by atoms with Gasteiger partial charge < -0.3 is 4.74 Å². The molecule has 1 aliphatic heterocycles. The van der Waals surface area contributed by atoms with Gasteiger partial charge in [0.2, 0.25) is 0 Å². The third kappa shape index (κ3) is 4.00. The van der Waals surface area contributed by atoms with Crippen LogP contribution in [0.2, 0.25) is 0 Å². The van der Waals surface area contributed by atoms with Gasteiger partial charge in [0.25, 0.3) is 10.2 Å². The molecule has 5 nitrogen and oxygen atoms in total. The summed E-state index contributed by atoms with van der Waals surface area (Å²) in [5, 5.41) is 0. The van der Waals surface area contributed by atoms with Gasteiger partial charge in [-0.3, -0.25) is 0 Å². The van der Waals surface area contributed by atoms with Crippen molar-refractivity contribution in [3.63, 3.8) is 0 Å². The first kappa shape index (κ1) is 16.4. The van der Waals surface area contributed by atoms with Crippen LogP contribution in [-0.4, -0.2) is 50.3 Å². The molecule has 118 valence electrons. The van der Waals surface area contributed by atoms with Gasteiger partial charge in [0.05, 0.1) is 12.7 Å². The van der Waals surface area contributed by atoms with Gasteiger partial charge in [-0.1, -0.05) is 18.2 Å². The minimum Gasteiger partial charge on any atom is -0.372 e. The molecule has 0 bridgehead atoms. The third-order valence-corrected chi connectivity index (χ3v) is 5.47. The van der Waals surface area contributed by atoms with Gasteiger partial charge in [-0.15, -0.1) is 0 Å². The molecular formula is C14H21FN2O3S. The molecule has 1 aromatic rings. The van der Waals surface area contributed by atoms with Crippen molar-refractivity contribution in [2.75, 3.05) is 27.2 Å². The standard InChI is InChI=1S/C14H21FN2O3S/c1-16(2)21(18,19)17-9-5-7-13(10-17)20-11-12-6-3-4-8-14(12)15/h3-4,6,8,13H,5,7,9-11H2,1-2H3/t13-/m0/s1. The van der Waals surface area contributed by atoms with Crippen molar-refractivity contribution in [3.05, 3.63) is 35.6 Å². The zero-order chi connectivity index (χ0) is 15.5. The maximum Gasteiger partial charge on any atom is 0.281 e. The summed E-state index contributed by atoms with van der Waals surface area (Å²) in [7, 11) is -0.385. The summed E-state index contributed by atoms with van der Waals surface area (Å²) in [6, 6.07) is 6.45. The van der Waals surface area contributed by atoms with Gasteiger partial charge in [0.15, 0.2) is 0 Å². The van der Waals surface area contributed by atoms with E-state index in [1.165, 1.54) is 28.8 Å². The highest BCUT2D eigenvalue weighted by Crippen LogP contribution is 2.19. The number of hydrogen-bond acceptors (Lipinski definition) is 3. The summed E-state index contributed by atoms with van der Waals surface area (Å²) in [5.74, 6) is -0.300. The molecule has 0 aromatic heterocycles. The summed E-state index contributed by atoms with van der Waals surface area (Å²) < 4.78 is 46.0. The molecule has 0 N–H and O–H groups in total. The summed E-state index contributed by atoms with van der Waals surface area (Å²) in [5.41, 5.74) is 0.491. The number of halogens is 1. The Balaban J connectivity index is 1.95. The zero-order valence-electron chi connectivity index (χ0n) is 12.3. The molecular weight excluding hydrogens is 295 g/mol. The third-order valence-electron chi connectivity index (χ3n) is 3.56. The summed E-state index contributed by atoms with van der Waals surface area (Å²) in [6.45, 7) is 0.974. The second kappa shape index (κ2) is 6.83. The van der Waals surface area contributed by atoms with Crippen molar-refractivity contribution in [1.29, 1.82) is 0 Å². The minimum absolute atomic E-state index is 0.160. The highest BCUT2D eigenvalue weighted by Gasteiger charge is 2.30. The average molecular weight is 316 g/mol. The normalized spacial score (nSPS) is 20.9. The second-order valence-corrected chi connectivity index (χ2v) is 7.46. The Hall–Kier alpha value is -1.02. The smallest absolute Gasteiger partial charge is 0.281 e. The average Bonchev–Trinajstić information content (AvgIpc) is 2.46. The maximum absolute atomic E-state index is 13.5. The maximum atomic E-state index is 13.5. The first-order chi connectivity index (χ1) is 9.91. The minimum atomic E-state index is -3.41. The molecule has 0 saturated carbocycles. The fraction of sp³-hybridized carbons (Fsp3) is 0.571. The first-order valence-corrected chi connectivity index (χ1v) is 8.33. The van der Waals surface area contributed by atoms with Crippen LogP contribution in [0.5, 0.6) is 0 Å². The van der Waals surface area contributed by atoms with E-state index in [0.717, 1.165) is 12.8 Å². The van der Waals surface area contributed by atoms with Crippen LogP contribution in [0.3, 0.4) is 0 Å². The highest BCUT2D eigenvalue weighted by molar-refractivity contribution is 7.86.